The standard InChI is InChI=1S/C76H94N12O9/c1-46-58(61-40-55(95-7)31-34-64(61)80-46)43-70(89)83-67(16-10-13-37-77)74(92)86(4)52-25-19-49(20-26-52)73(50-21-27-53(28-22-50)87(5)75(93)68(17-11-14-38-78)84-71(90)44-59-47(2)81-65-35-32-56(96-8)41-62(59)65)51-23-29-54(30-24-51)88(6)76(94)69(18-12-15-39-79)85-72(91)45-60-48(3)82-66-36-33-57(97-9)42-63(60)66/h19-36,40-42,67-69,73,80-82H,10-18,37-39,43-45,77-79H2,1-9H3,(H,83,89)(H,84,90)(H,85,91)/t67-,68-,69-/m1/s1. The highest BCUT2D eigenvalue weighted by Gasteiger charge is 2.30. The van der Waals surface area contributed by atoms with E-state index in [4.69, 9.17) is 31.4 Å². The van der Waals surface area contributed by atoms with E-state index in [0.29, 0.717) is 112 Å². The smallest absolute Gasteiger partial charge is 0.249 e. The third-order valence-corrected chi connectivity index (χ3v) is 18.6. The molecule has 0 aliphatic rings. The largest absolute Gasteiger partial charge is 0.497 e. The van der Waals surface area contributed by atoms with Crippen LogP contribution in [0, 0.1) is 20.8 Å². The van der Waals surface area contributed by atoms with Gasteiger partial charge in [-0.05, 0) is 223 Å². The first-order chi connectivity index (χ1) is 46.8. The van der Waals surface area contributed by atoms with Crippen LogP contribution in [0.15, 0.2) is 127 Å². The number of likely N-dealkylation sites (N-methyl/N-ethyl adjacent to an activating group) is 3. The van der Waals surface area contributed by atoms with Gasteiger partial charge < -0.3 is 77.0 Å². The SMILES string of the molecule is COc1ccc2[nH]c(C)c(CC(=O)N[C@H](CCCCN)C(=O)N(C)c3ccc(C(c4ccc(N(C)C(=O)[C@@H](CCCCN)NC(=O)Cc5c(C)[nH]c6ccc(OC)cc56)cc4)c4ccc(N(C)C(=O)[C@@H](CCCCN)NC(=O)Cc5c(C)[nH]c6ccc(OC)cc56)cc4)cc3)c2c1. The Kier molecular flexibility index (Phi) is 24.4. The molecule has 512 valence electrons. The number of carbonyl (C=O) groups excluding carboxylic acids is 6. The minimum atomic E-state index is -0.835. The van der Waals surface area contributed by atoms with Crippen molar-refractivity contribution in [1.82, 2.24) is 30.9 Å². The number of H-pyrrole nitrogens is 3. The molecule has 97 heavy (non-hydrogen) atoms. The molecule has 0 aliphatic heterocycles. The van der Waals surface area contributed by atoms with Gasteiger partial charge in [-0.25, -0.2) is 0 Å². The maximum atomic E-state index is 14.6. The van der Waals surface area contributed by atoms with Crippen LogP contribution in [0.4, 0.5) is 17.1 Å². The number of aryl methyl sites for hydroxylation is 3. The van der Waals surface area contributed by atoms with Crippen molar-refractivity contribution in [3.63, 3.8) is 0 Å². The molecule has 21 heteroatoms. The van der Waals surface area contributed by atoms with Crippen molar-refractivity contribution in [2.45, 2.75) is 122 Å². The Bertz CT molecular complexity index is 3790. The molecular weight excluding hydrogens is 1220 g/mol. The predicted molar refractivity (Wildman–Crippen MR) is 385 cm³/mol. The van der Waals surface area contributed by atoms with Crippen LogP contribution in [-0.2, 0) is 48.0 Å². The lowest BCUT2D eigenvalue weighted by Gasteiger charge is -2.27. The molecule has 6 amide bonds. The maximum absolute atomic E-state index is 14.6. The summed E-state index contributed by atoms with van der Waals surface area (Å²) in [5.41, 5.74) is 29.8. The van der Waals surface area contributed by atoms with E-state index < -0.39 is 24.0 Å². The number of unbranched alkanes of at least 4 members (excludes halogenated alkanes) is 3. The normalized spacial score (nSPS) is 12.3. The summed E-state index contributed by atoms with van der Waals surface area (Å²) in [5.74, 6) is -0.129. The average Bonchev–Trinajstić information content (AvgIpc) is 1.78. The van der Waals surface area contributed by atoms with Gasteiger partial charge in [0.2, 0.25) is 35.4 Å². The van der Waals surface area contributed by atoms with Crippen molar-refractivity contribution in [2.24, 2.45) is 17.2 Å². The van der Waals surface area contributed by atoms with Crippen LogP contribution < -0.4 is 62.1 Å². The van der Waals surface area contributed by atoms with E-state index in [1.54, 1.807) is 57.2 Å². The second-order valence-corrected chi connectivity index (χ2v) is 25.1. The number of nitrogens with two attached hydrogens (primary N) is 3. The minimum absolute atomic E-state index is 0.0516. The zero-order valence-electron chi connectivity index (χ0n) is 57.3. The maximum Gasteiger partial charge on any atom is 0.249 e. The van der Waals surface area contributed by atoms with Gasteiger partial charge in [-0.3, -0.25) is 28.8 Å². The van der Waals surface area contributed by atoms with Crippen molar-refractivity contribution in [3.05, 3.63) is 178 Å². The van der Waals surface area contributed by atoms with Crippen LogP contribution in [0.3, 0.4) is 0 Å². The van der Waals surface area contributed by atoms with Crippen LogP contribution >= 0.6 is 0 Å². The zero-order chi connectivity index (χ0) is 69.4. The molecule has 0 radical (unpaired) electrons. The second-order valence-electron chi connectivity index (χ2n) is 25.1. The van der Waals surface area contributed by atoms with Gasteiger partial charge in [0.25, 0.3) is 0 Å². The molecule has 9 rings (SSSR count). The Labute approximate surface area is 567 Å². The molecule has 0 saturated heterocycles. The van der Waals surface area contributed by atoms with E-state index in [2.05, 4.69) is 30.9 Å². The van der Waals surface area contributed by atoms with Crippen LogP contribution in [0.25, 0.3) is 32.7 Å². The lowest BCUT2D eigenvalue weighted by Crippen LogP contribution is -2.48. The van der Waals surface area contributed by atoms with E-state index in [0.717, 1.165) is 83.2 Å². The van der Waals surface area contributed by atoms with Gasteiger partial charge in [0.05, 0.1) is 40.6 Å². The molecule has 0 fully saturated rings. The highest BCUT2D eigenvalue weighted by atomic mass is 16.5. The van der Waals surface area contributed by atoms with Crippen LogP contribution in [0.2, 0.25) is 0 Å². The summed E-state index contributed by atoms with van der Waals surface area (Å²) < 4.78 is 16.5. The molecule has 0 aliphatic carbocycles. The number of methoxy groups -OCH3 is 3. The second kappa shape index (κ2) is 33.1. The third kappa shape index (κ3) is 17.2. The summed E-state index contributed by atoms with van der Waals surface area (Å²) in [7, 11) is 9.91. The van der Waals surface area contributed by atoms with E-state index in [-0.39, 0.29) is 54.7 Å². The minimum Gasteiger partial charge on any atom is -0.497 e. The number of aromatic amines is 3. The molecule has 12 N–H and O–H groups in total. The number of rotatable bonds is 33. The molecule has 6 aromatic carbocycles. The number of benzene rings is 6. The molecule has 3 heterocycles. The number of aromatic nitrogens is 3. The Morgan fingerprint density at radius 3 is 0.887 bits per heavy atom. The molecule has 21 nitrogen and oxygen atoms in total. The number of nitrogens with one attached hydrogen (secondary N) is 6. The van der Waals surface area contributed by atoms with E-state index in [1.165, 1.54) is 0 Å². The molecule has 0 unspecified atom stereocenters. The van der Waals surface area contributed by atoms with Gasteiger partial charge in [0, 0.05) is 93.9 Å². The summed E-state index contributed by atoms with van der Waals surface area (Å²) in [6, 6.07) is 37.7. The number of ether oxygens (including phenoxy) is 3. The molecular formula is C76H94N12O9. The quantitative estimate of drug-likeness (QED) is 0.0137. The van der Waals surface area contributed by atoms with E-state index in [1.807, 2.05) is 148 Å². The molecule has 3 atom stereocenters. The topological polar surface area (TPSA) is 301 Å². The van der Waals surface area contributed by atoms with Crippen LogP contribution in [-0.4, -0.2) is 131 Å². The fourth-order valence-corrected chi connectivity index (χ4v) is 12.9. The van der Waals surface area contributed by atoms with Crippen molar-refractivity contribution < 1.29 is 43.0 Å². The Morgan fingerprint density at radius 2 is 0.649 bits per heavy atom. The van der Waals surface area contributed by atoms with Crippen molar-refractivity contribution in [1.29, 1.82) is 0 Å². The van der Waals surface area contributed by atoms with E-state index in [9.17, 15) is 28.8 Å². The van der Waals surface area contributed by atoms with Gasteiger partial charge in [0.1, 0.15) is 35.4 Å². The summed E-state index contributed by atoms with van der Waals surface area (Å²) >= 11 is 0. The number of hydrogen-bond donors (Lipinski definition) is 9. The molecule has 0 saturated carbocycles. The highest BCUT2D eigenvalue weighted by Crippen LogP contribution is 2.37. The van der Waals surface area contributed by atoms with Crippen molar-refractivity contribution in [3.8, 4) is 17.2 Å². The van der Waals surface area contributed by atoms with Crippen molar-refractivity contribution in [2.75, 3.05) is 76.8 Å². The van der Waals surface area contributed by atoms with E-state index >= 15 is 0 Å². The average molecular weight is 1320 g/mol. The number of anilines is 3. The van der Waals surface area contributed by atoms with Gasteiger partial charge in [-0.2, -0.15) is 0 Å². The zero-order valence-corrected chi connectivity index (χ0v) is 57.3. The number of amides is 6. The van der Waals surface area contributed by atoms with Crippen LogP contribution in [0.5, 0.6) is 17.2 Å². The summed E-state index contributed by atoms with van der Waals surface area (Å²) in [5, 5.41) is 11.8. The van der Waals surface area contributed by atoms with Gasteiger partial charge in [-0.1, -0.05) is 36.4 Å². The highest BCUT2D eigenvalue weighted by molar-refractivity contribution is 6.02. The molecule has 3 aromatic heterocycles. The third-order valence-electron chi connectivity index (χ3n) is 18.6. The lowest BCUT2D eigenvalue weighted by molar-refractivity contribution is -0.127. The summed E-state index contributed by atoms with van der Waals surface area (Å²) in [6.45, 7) is 7.10. The van der Waals surface area contributed by atoms with Gasteiger partial charge in [-0.15, -0.1) is 0 Å². The summed E-state index contributed by atoms with van der Waals surface area (Å²) in [6.07, 6.45) is 5.22. The Hall–Kier alpha value is -9.96. The first-order valence-electron chi connectivity index (χ1n) is 33.3. The summed E-state index contributed by atoms with van der Waals surface area (Å²) in [4.78, 5) is 100. The molecule has 0 bridgehead atoms. The molecule has 9 aromatic rings. The lowest BCUT2D eigenvalue weighted by atomic mass is 9.85. The number of fused-ring (bicyclic) bond motifs is 3. The number of nitrogens with zero attached hydrogens (tertiary/aromatic N) is 3. The first kappa shape index (κ1) is 71.3. The fraction of sp³-hybridized carbons (Fsp3) is 0.368. The number of hydrogen-bond acceptors (Lipinski definition) is 12. The monoisotopic (exact) mass is 1320 g/mol. The van der Waals surface area contributed by atoms with Gasteiger partial charge >= 0.3 is 0 Å². The Balaban J connectivity index is 0.980. The van der Waals surface area contributed by atoms with Gasteiger partial charge in [0.15, 0.2) is 0 Å². The predicted octanol–water partition coefficient (Wildman–Crippen LogP) is 9.72. The molecule has 0 spiro atoms. The number of carbonyl (C=O) groups is 6. The van der Waals surface area contributed by atoms with Crippen LogP contribution in [0.1, 0.15) is 114 Å². The Morgan fingerprint density at radius 1 is 0.392 bits per heavy atom. The van der Waals surface area contributed by atoms with Crippen molar-refractivity contribution >= 4 is 85.2 Å². The fourth-order valence-electron chi connectivity index (χ4n) is 12.9. The first-order valence-corrected chi connectivity index (χ1v) is 33.3.